The molecule has 0 saturated carbocycles. The molecule has 0 aromatic heterocycles. The number of aryl methyl sites for hydroxylation is 1. The Hall–Kier alpha value is -2.85. The SMILES string of the molecule is CC1OC=CC1=O.COc1cc2ccccc2c2ccc3c(c12)CCC(OC)C3. The highest BCUT2D eigenvalue weighted by Gasteiger charge is 2.22. The van der Waals surface area contributed by atoms with Crippen LogP contribution in [0.3, 0.4) is 0 Å². The molecule has 29 heavy (non-hydrogen) atoms. The van der Waals surface area contributed by atoms with Gasteiger partial charge in [-0.3, -0.25) is 4.79 Å². The van der Waals surface area contributed by atoms with E-state index in [0.29, 0.717) is 6.10 Å². The molecule has 0 saturated heterocycles. The zero-order valence-corrected chi connectivity index (χ0v) is 17.1. The van der Waals surface area contributed by atoms with Crippen molar-refractivity contribution in [2.45, 2.75) is 38.4 Å². The molecule has 3 aromatic rings. The molecule has 1 aliphatic heterocycles. The number of carbonyl (C=O) groups excluding carboxylic acids is 1. The summed E-state index contributed by atoms with van der Waals surface area (Å²) in [6.45, 7) is 1.72. The van der Waals surface area contributed by atoms with E-state index in [1.54, 1.807) is 14.0 Å². The van der Waals surface area contributed by atoms with Crippen LogP contribution in [0.5, 0.6) is 5.75 Å². The molecule has 0 spiro atoms. The molecule has 1 aliphatic carbocycles. The molecule has 2 atom stereocenters. The molecule has 4 heteroatoms. The molecule has 0 fully saturated rings. The van der Waals surface area contributed by atoms with Gasteiger partial charge < -0.3 is 14.2 Å². The van der Waals surface area contributed by atoms with Gasteiger partial charge in [0.25, 0.3) is 0 Å². The second kappa shape index (κ2) is 8.26. The van der Waals surface area contributed by atoms with Gasteiger partial charge in [-0.25, -0.2) is 0 Å². The molecule has 0 N–H and O–H groups in total. The maximum Gasteiger partial charge on any atom is 0.198 e. The third-order valence-corrected chi connectivity index (χ3v) is 5.83. The van der Waals surface area contributed by atoms with Gasteiger partial charge in [-0.2, -0.15) is 0 Å². The van der Waals surface area contributed by atoms with Crippen LogP contribution in [0.1, 0.15) is 24.5 Å². The van der Waals surface area contributed by atoms with Gasteiger partial charge in [0, 0.05) is 18.6 Å². The number of methoxy groups -OCH3 is 2. The van der Waals surface area contributed by atoms with Crippen LogP contribution in [0.2, 0.25) is 0 Å². The second-order valence-corrected chi connectivity index (χ2v) is 7.51. The van der Waals surface area contributed by atoms with Crippen LogP contribution in [0, 0.1) is 0 Å². The summed E-state index contributed by atoms with van der Waals surface area (Å²) in [4.78, 5) is 10.4. The van der Waals surface area contributed by atoms with Crippen LogP contribution >= 0.6 is 0 Å². The lowest BCUT2D eigenvalue weighted by atomic mass is 9.85. The van der Waals surface area contributed by atoms with Gasteiger partial charge in [0.15, 0.2) is 11.9 Å². The van der Waals surface area contributed by atoms with E-state index in [2.05, 4.69) is 42.5 Å². The quantitative estimate of drug-likeness (QED) is 0.578. The molecule has 0 bridgehead atoms. The Morgan fingerprint density at radius 1 is 1.07 bits per heavy atom. The lowest BCUT2D eigenvalue weighted by Crippen LogP contribution is -2.21. The average molecular weight is 390 g/mol. The van der Waals surface area contributed by atoms with Crippen molar-refractivity contribution in [3.8, 4) is 5.75 Å². The molecular formula is C25H26O4. The maximum atomic E-state index is 10.4. The summed E-state index contributed by atoms with van der Waals surface area (Å²) in [5, 5.41) is 5.12. The highest BCUT2D eigenvalue weighted by Crippen LogP contribution is 2.39. The molecule has 5 rings (SSSR count). The number of ether oxygens (including phenoxy) is 3. The molecule has 4 nitrogen and oxygen atoms in total. The summed E-state index contributed by atoms with van der Waals surface area (Å²) in [7, 11) is 3.58. The number of hydrogen-bond donors (Lipinski definition) is 0. The van der Waals surface area contributed by atoms with E-state index >= 15 is 0 Å². The summed E-state index contributed by atoms with van der Waals surface area (Å²) in [5.41, 5.74) is 2.84. The Balaban J connectivity index is 0.000000249. The topological polar surface area (TPSA) is 44.8 Å². The summed E-state index contributed by atoms with van der Waals surface area (Å²) < 4.78 is 16.0. The van der Waals surface area contributed by atoms with E-state index < -0.39 is 0 Å². The van der Waals surface area contributed by atoms with Gasteiger partial charge in [-0.1, -0.05) is 36.4 Å². The fourth-order valence-corrected chi connectivity index (χ4v) is 4.20. The first-order valence-electron chi connectivity index (χ1n) is 10.0. The van der Waals surface area contributed by atoms with Crippen LogP contribution in [0.15, 0.2) is 54.8 Å². The van der Waals surface area contributed by atoms with Crippen molar-refractivity contribution in [3.63, 3.8) is 0 Å². The number of ketones is 1. The molecule has 0 amide bonds. The molecule has 2 aliphatic rings. The summed E-state index contributed by atoms with van der Waals surface area (Å²) in [6.07, 6.45) is 6.10. The summed E-state index contributed by atoms with van der Waals surface area (Å²) in [5.74, 6) is 1.04. The molecule has 2 unspecified atom stereocenters. The molecular weight excluding hydrogens is 364 g/mol. The van der Waals surface area contributed by atoms with Crippen molar-refractivity contribution < 1.29 is 19.0 Å². The Morgan fingerprint density at radius 2 is 1.90 bits per heavy atom. The van der Waals surface area contributed by atoms with Gasteiger partial charge >= 0.3 is 0 Å². The zero-order valence-electron chi connectivity index (χ0n) is 17.1. The van der Waals surface area contributed by atoms with Crippen molar-refractivity contribution in [2.75, 3.05) is 14.2 Å². The van der Waals surface area contributed by atoms with Crippen LogP contribution in [-0.4, -0.2) is 32.2 Å². The van der Waals surface area contributed by atoms with Gasteiger partial charge in [0.05, 0.1) is 19.5 Å². The Labute approximate surface area is 171 Å². The highest BCUT2D eigenvalue weighted by molar-refractivity contribution is 6.11. The van der Waals surface area contributed by atoms with E-state index in [-0.39, 0.29) is 11.9 Å². The minimum Gasteiger partial charge on any atom is -0.496 e. The van der Waals surface area contributed by atoms with Crippen molar-refractivity contribution in [2.24, 2.45) is 0 Å². The van der Waals surface area contributed by atoms with Crippen molar-refractivity contribution in [1.82, 2.24) is 0 Å². The number of benzene rings is 3. The van der Waals surface area contributed by atoms with Crippen LogP contribution in [0.4, 0.5) is 0 Å². The largest absolute Gasteiger partial charge is 0.496 e. The zero-order chi connectivity index (χ0) is 20.4. The van der Waals surface area contributed by atoms with Gasteiger partial charge in [-0.05, 0) is 59.5 Å². The average Bonchev–Trinajstić information content (AvgIpc) is 3.15. The normalized spacial score (nSPS) is 20.2. The first-order chi connectivity index (χ1) is 14.1. The molecule has 3 aromatic carbocycles. The van der Waals surface area contributed by atoms with E-state index in [4.69, 9.17) is 14.2 Å². The van der Waals surface area contributed by atoms with Gasteiger partial charge in [0.2, 0.25) is 0 Å². The lowest BCUT2D eigenvalue weighted by Gasteiger charge is -2.25. The standard InChI is InChI=1S/C20H20O2.C5H6O2/c1-21-15-8-10-17-14(11-15)7-9-18-16-6-4-3-5-13(16)12-19(22-2)20(17)18;1-4-5(6)2-3-7-4/h3-7,9,12,15H,8,10-11H2,1-2H3;2-4H,1H3. The minimum atomic E-state index is -0.236. The van der Waals surface area contributed by atoms with Crippen molar-refractivity contribution in [1.29, 1.82) is 0 Å². The minimum absolute atomic E-state index is 0.0556. The Morgan fingerprint density at radius 3 is 2.55 bits per heavy atom. The van der Waals surface area contributed by atoms with Gasteiger partial charge in [-0.15, -0.1) is 0 Å². The van der Waals surface area contributed by atoms with Gasteiger partial charge in [0.1, 0.15) is 5.75 Å². The first-order valence-corrected chi connectivity index (χ1v) is 10.0. The van der Waals surface area contributed by atoms with E-state index in [0.717, 1.165) is 25.0 Å². The van der Waals surface area contributed by atoms with Crippen LogP contribution in [0.25, 0.3) is 21.5 Å². The second-order valence-electron chi connectivity index (χ2n) is 7.51. The molecule has 0 radical (unpaired) electrons. The highest BCUT2D eigenvalue weighted by atomic mass is 16.5. The monoisotopic (exact) mass is 390 g/mol. The summed E-state index contributed by atoms with van der Waals surface area (Å²) in [6, 6.07) is 15.2. The van der Waals surface area contributed by atoms with Crippen molar-refractivity contribution >= 4 is 27.3 Å². The third kappa shape index (κ3) is 3.73. The predicted octanol–water partition coefficient (Wildman–Crippen LogP) is 4.99. The number of hydrogen-bond acceptors (Lipinski definition) is 4. The fraction of sp³-hybridized carbons (Fsp3) is 0.320. The number of fused-ring (bicyclic) bond motifs is 5. The molecule has 1 heterocycles. The fourth-order valence-electron chi connectivity index (χ4n) is 4.20. The maximum absolute atomic E-state index is 10.4. The van der Waals surface area contributed by atoms with Crippen LogP contribution in [-0.2, 0) is 27.1 Å². The first kappa shape index (κ1) is 19.5. The van der Waals surface area contributed by atoms with E-state index in [1.165, 1.54) is 45.0 Å². The van der Waals surface area contributed by atoms with E-state index in [9.17, 15) is 4.79 Å². The van der Waals surface area contributed by atoms with E-state index in [1.807, 2.05) is 7.11 Å². The predicted molar refractivity (Wildman–Crippen MR) is 116 cm³/mol. The number of rotatable bonds is 2. The van der Waals surface area contributed by atoms with Crippen molar-refractivity contribution in [3.05, 3.63) is 65.9 Å². The van der Waals surface area contributed by atoms with Crippen LogP contribution < -0.4 is 4.74 Å². The smallest absolute Gasteiger partial charge is 0.198 e. The molecule has 150 valence electrons. The number of carbonyl (C=O) groups is 1. The lowest BCUT2D eigenvalue weighted by molar-refractivity contribution is -0.119. The Bertz CT molecular complexity index is 1080. The summed E-state index contributed by atoms with van der Waals surface area (Å²) >= 11 is 0. The third-order valence-electron chi connectivity index (χ3n) is 5.83. The Kier molecular flexibility index (Phi) is 5.54.